The highest BCUT2D eigenvalue weighted by atomic mass is 32.2. The van der Waals surface area contributed by atoms with Gasteiger partial charge in [-0.25, -0.2) is 0 Å². The standard InChI is InChI=1S/C16H18OS/c1-12-8-9-15(13(2)10-12)16(17)11-18-14-6-4-3-5-7-14/h3-10,16-17H,11H2,1-2H3. The molecule has 0 aliphatic rings. The third-order valence-electron chi connectivity index (χ3n) is 2.94. The van der Waals surface area contributed by atoms with E-state index < -0.39 is 6.10 Å². The van der Waals surface area contributed by atoms with Gasteiger partial charge in [-0.2, -0.15) is 0 Å². The second kappa shape index (κ2) is 6.07. The zero-order valence-corrected chi connectivity index (χ0v) is 11.6. The van der Waals surface area contributed by atoms with Gasteiger partial charge in [0.05, 0.1) is 6.10 Å². The summed E-state index contributed by atoms with van der Waals surface area (Å²) >= 11 is 1.69. The third kappa shape index (κ3) is 3.37. The molecule has 0 heterocycles. The first-order valence-electron chi connectivity index (χ1n) is 6.10. The summed E-state index contributed by atoms with van der Waals surface area (Å²) in [6.45, 7) is 4.13. The van der Waals surface area contributed by atoms with Gasteiger partial charge in [0.15, 0.2) is 0 Å². The van der Waals surface area contributed by atoms with Gasteiger partial charge in [-0.3, -0.25) is 0 Å². The van der Waals surface area contributed by atoms with Gasteiger partial charge < -0.3 is 5.11 Å². The molecule has 1 N–H and O–H groups in total. The Balaban J connectivity index is 2.01. The first-order chi connectivity index (χ1) is 8.66. The van der Waals surface area contributed by atoms with E-state index in [4.69, 9.17) is 0 Å². The summed E-state index contributed by atoms with van der Waals surface area (Å²) in [5, 5.41) is 10.2. The van der Waals surface area contributed by atoms with Crippen LogP contribution in [0.5, 0.6) is 0 Å². The number of rotatable bonds is 4. The molecule has 2 heteroatoms. The second-order valence-electron chi connectivity index (χ2n) is 4.50. The van der Waals surface area contributed by atoms with E-state index >= 15 is 0 Å². The Kier molecular flexibility index (Phi) is 4.45. The lowest BCUT2D eigenvalue weighted by atomic mass is 10.0. The van der Waals surface area contributed by atoms with Crippen LogP contribution >= 0.6 is 11.8 Å². The molecule has 18 heavy (non-hydrogen) atoms. The number of aryl methyl sites for hydroxylation is 2. The molecule has 1 nitrogen and oxygen atoms in total. The molecule has 0 aliphatic heterocycles. The van der Waals surface area contributed by atoms with Crippen molar-refractivity contribution in [3.8, 4) is 0 Å². The predicted octanol–water partition coefficient (Wildman–Crippen LogP) is 4.13. The molecular formula is C16H18OS. The van der Waals surface area contributed by atoms with Gasteiger partial charge in [-0.15, -0.1) is 11.8 Å². The van der Waals surface area contributed by atoms with Crippen LogP contribution in [0.2, 0.25) is 0 Å². The molecule has 0 saturated heterocycles. The van der Waals surface area contributed by atoms with Crippen LogP contribution in [-0.4, -0.2) is 10.9 Å². The fraction of sp³-hybridized carbons (Fsp3) is 0.250. The van der Waals surface area contributed by atoms with E-state index in [0.717, 1.165) is 11.1 Å². The first-order valence-corrected chi connectivity index (χ1v) is 7.08. The van der Waals surface area contributed by atoms with Crippen molar-refractivity contribution in [1.29, 1.82) is 0 Å². The highest BCUT2D eigenvalue weighted by Gasteiger charge is 2.10. The van der Waals surface area contributed by atoms with Crippen molar-refractivity contribution in [1.82, 2.24) is 0 Å². The fourth-order valence-electron chi connectivity index (χ4n) is 1.98. The smallest absolute Gasteiger partial charge is 0.0886 e. The number of aliphatic hydroxyl groups excluding tert-OH is 1. The molecule has 0 saturated carbocycles. The quantitative estimate of drug-likeness (QED) is 0.832. The summed E-state index contributed by atoms with van der Waals surface area (Å²) in [6, 6.07) is 16.4. The van der Waals surface area contributed by atoms with Crippen LogP contribution < -0.4 is 0 Å². The number of aliphatic hydroxyl groups is 1. The molecule has 2 aromatic carbocycles. The maximum absolute atomic E-state index is 10.2. The first kappa shape index (κ1) is 13.2. The van der Waals surface area contributed by atoms with Crippen molar-refractivity contribution < 1.29 is 5.11 Å². The molecule has 0 aromatic heterocycles. The Labute approximate surface area is 113 Å². The van der Waals surface area contributed by atoms with E-state index in [0.29, 0.717) is 5.75 Å². The van der Waals surface area contributed by atoms with Crippen LogP contribution in [0.3, 0.4) is 0 Å². The number of hydrogen-bond donors (Lipinski definition) is 1. The SMILES string of the molecule is Cc1ccc(C(O)CSc2ccccc2)c(C)c1. The zero-order valence-electron chi connectivity index (χ0n) is 10.8. The average molecular weight is 258 g/mol. The van der Waals surface area contributed by atoms with Crippen molar-refractivity contribution in [3.63, 3.8) is 0 Å². The van der Waals surface area contributed by atoms with Crippen molar-refractivity contribution in [2.45, 2.75) is 24.8 Å². The van der Waals surface area contributed by atoms with E-state index in [-0.39, 0.29) is 0 Å². The van der Waals surface area contributed by atoms with E-state index in [1.165, 1.54) is 10.5 Å². The van der Waals surface area contributed by atoms with Gasteiger partial charge in [0.25, 0.3) is 0 Å². The van der Waals surface area contributed by atoms with Crippen LogP contribution in [0.15, 0.2) is 53.4 Å². The predicted molar refractivity (Wildman–Crippen MR) is 78.0 cm³/mol. The minimum atomic E-state index is -0.407. The van der Waals surface area contributed by atoms with Crippen LogP contribution in [0, 0.1) is 13.8 Å². The number of hydrogen-bond acceptors (Lipinski definition) is 2. The lowest BCUT2D eigenvalue weighted by molar-refractivity contribution is 0.203. The van der Waals surface area contributed by atoms with Crippen molar-refractivity contribution in [2.75, 3.05) is 5.75 Å². The highest BCUT2D eigenvalue weighted by Crippen LogP contribution is 2.26. The molecule has 0 spiro atoms. The molecular weight excluding hydrogens is 240 g/mol. The number of thioether (sulfide) groups is 1. The monoisotopic (exact) mass is 258 g/mol. The fourth-order valence-corrected chi connectivity index (χ4v) is 2.86. The summed E-state index contributed by atoms with van der Waals surface area (Å²) in [7, 11) is 0. The Morgan fingerprint density at radius 3 is 2.44 bits per heavy atom. The minimum absolute atomic E-state index is 0.407. The maximum Gasteiger partial charge on any atom is 0.0886 e. The Hall–Kier alpha value is -1.25. The molecule has 94 valence electrons. The molecule has 0 aliphatic carbocycles. The molecule has 1 atom stereocenters. The molecule has 2 rings (SSSR count). The Morgan fingerprint density at radius 2 is 1.78 bits per heavy atom. The second-order valence-corrected chi connectivity index (χ2v) is 5.59. The van der Waals surface area contributed by atoms with Crippen molar-refractivity contribution in [3.05, 3.63) is 65.2 Å². The average Bonchev–Trinajstić information content (AvgIpc) is 2.37. The van der Waals surface area contributed by atoms with Gasteiger partial charge in [0.1, 0.15) is 0 Å². The Morgan fingerprint density at radius 1 is 1.06 bits per heavy atom. The summed E-state index contributed by atoms with van der Waals surface area (Å²) in [5.41, 5.74) is 3.43. The molecule has 0 fully saturated rings. The summed E-state index contributed by atoms with van der Waals surface area (Å²) in [5.74, 6) is 0.688. The third-order valence-corrected chi connectivity index (χ3v) is 4.02. The van der Waals surface area contributed by atoms with Gasteiger partial charge >= 0.3 is 0 Å². The summed E-state index contributed by atoms with van der Waals surface area (Å²) < 4.78 is 0. The lowest BCUT2D eigenvalue weighted by Gasteiger charge is -2.14. The van der Waals surface area contributed by atoms with Crippen LogP contribution in [0.25, 0.3) is 0 Å². The summed E-state index contributed by atoms with van der Waals surface area (Å²) in [4.78, 5) is 1.20. The van der Waals surface area contributed by atoms with E-state index in [9.17, 15) is 5.11 Å². The van der Waals surface area contributed by atoms with Gasteiger partial charge in [0, 0.05) is 10.6 Å². The van der Waals surface area contributed by atoms with Crippen LogP contribution in [-0.2, 0) is 0 Å². The van der Waals surface area contributed by atoms with E-state index in [1.54, 1.807) is 11.8 Å². The van der Waals surface area contributed by atoms with Crippen molar-refractivity contribution in [2.24, 2.45) is 0 Å². The Bertz CT molecular complexity index is 508. The van der Waals surface area contributed by atoms with Crippen LogP contribution in [0.1, 0.15) is 22.8 Å². The van der Waals surface area contributed by atoms with Crippen molar-refractivity contribution >= 4 is 11.8 Å². The van der Waals surface area contributed by atoms with Gasteiger partial charge in [0.2, 0.25) is 0 Å². The summed E-state index contributed by atoms with van der Waals surface area (Å²) in [6.07, 6.45) is -0.407. The topological polar surface area (TPSA) is 20.2 Å². The lowest BCUT2D eigenvalue weighted by Crippen LogP contribution is -2.03. The highest BCUT2D eigenvalue weighted by molar-refractivity contribution is 7.99. The zero-order chi connectivity index (χ0) is 13.0. The normalized spacial score (nSPS) is 12.4. The molecule has 2 aromatic rings. The maximum atomic E-state index is 10.2. The van der Waals surface area contributed by atoms with Crippen LogP contribution in [0.4, 0.5) is 0 Å². The van der Waals surface area contributed by atoms with E-state index in [1.807, 2.05) is 24.3 Å². The molecule has 0 bridgehead atoms. The largest absolute Gasteiger partial charge is 0.388 e. The molecule has 0 radical (unpaired) electrons. The minimum Gasteiger partial charge on any atom is -0.388 e. The van der Waals surface area contributed by atoms with E-state index in [2.05, 4.69) is 38.1 Å². The number of benzene rings is 2. The van der Waals surface area contributed by atoms with Gasteiger partial charge in [-0.1, -0.05) is 42.0 Å². The molecule has 0 amide bonds. The molecule has 1 unspecified atom stereocenters. The van der Waals surface area contributed by atoms with Gasteiger partial charge in [-0.05, 0) is 37.1 Å².